The predicted molar refractivity (Wildman–Crippen MR) is 93.0 cm³/mol. The molecule has 1 heterocycles. The predicted octanol–water partition coefficient (Wildman–Crippen LogP) is 1.84. The molecule has 0 bridgehead atoms. The summed E-state index contributed by atoms with van der Waals surface area (Å²) in [6.45, 7) is 7.04. The molecule has 1 saturated heterocycles. The number of rotatable bonds is 3. The Morgan fingerprint density at radius 1 is 1.21 bits per heavy atom. The minimum Gasteiger partial charge on any atom is -0.444 e. The number of carbonyl (C=O) groups is 2. The Bertz CT molecular complexity index is 611. The number of benzene rings is 1. The van der Waals surface area contributed by atoms with Crippen LogP contribution < -0.4 is 5.73 Å². The van der Waals surface area contributed by atoms with E-state index in [0.29, 0.717) is 25.2 Å². The minimum atomic E-state index is -0.508. The van der Waals surface area contributed by atoms with Crippen LogP contribution in [0.5, 0.6) is 0 Å². The molecular weight excluding hydrogens is 306 g/mol. The summed E-state index contributed by atoms with van der Waals surface area (Å²) < 4.78 is 5.39. The molecule has 6 heteroatoms. The van der Waals surface area contributed by atoms with E-state index in [-0.39, 0.29) is 17.4 Å². The first kappa shape index (κ1) is 18.3. The first-order valence-corrected chi connectivity index (χ1v) is 8.08. The number of nitrogens with zero attached hydrogens (tertiary/aromatic N) is 2. The lowest BCUT2D eigenvalue weighted by Crippen LogP contribution is -2.64. The molecule has 1 aliphatic rings. The van der Waals surface area contributed by atoms with Gasteiger partial charge in [-0.3, -0.25) is 4.79 Å². The van der Waals surface area contributed by atoms with Gasteiger partial charge in [-0.25, -0.2) is 4.79 Å². The van der Waals surface area contributed by atoms with Crippen LogP contribution in [0.25, 0.3) is 0 Å². The molecule has 1 aliphatic heterocycles. The maximum absolute atomic E-state index is 12.1. The smallest absolute Gasteiger partial charge is 0.410 e. The Morgan fingerprint density at radius 2 is 1.75 bits per heavy atom. The molecule has 1 fully saturated rings. The molecule has 24 heavy (non-hydrogen) atoms. The van der Waals surface area contributed by atoms with Gasteiger partial charge in [-0.1, -0.05) is 12.1 Å². The summed E-state index contributed by atoms with van der Waals surface area (Å²) in [6.07, 6.45) is -0.314. The van der Waals surface area contributed by atoms with Crippen LogP contribution >= 0.6 is 0 Å². The van der Waals surface area contributed by atoms with Crippen molar-refractivity contribution in [3.63, 3.8) is 0 Å². The summed E-state index contributed by atoms with van der Waals surface area (Å²) in [6, 6.07) is 7.47. The topological polar surface area (TPSA) is 75.9 Å². The van der Waals surface area contributed by atoms with Gasteiger partial charge < -0.3 is 20.3 Å². The van der Waals surface area contributed by atoms with Crippen molar-refractivity contribution < 1.29 is 14.3 Å². The second-order valence-corrected chi connectivity index (χ2v) is 7.60. The van der Waals surface area contributed by atoms with Gasteiger partial charge in [0.15, 0.2) is 0 Å². The maximum atomic E-state index is 12.1. The van der Waals surface area contributed by atoms with Crippen molar-refractivity contribution in [2.45, 2.75) is 31.8 Å². The third-order valence-corrected chi connectivity index (χ3v) is 4.18. The van der Waals surface area contributed by atoms with Crippen molar-refractivity contribution in [2.24, 2.45) is 5.73 Å². The maximum Gasteiger partial charge on any atom is 0.410 e. The summed E-state index contributed by atoms with van der Waals surface area (Å²) >= 11 is 0. The van der Waals surface area contributed by atoms with Gasteiger partial charge in [0.1, 0.15) is 5.60 Å². The second-order valence-electron chi connectivity index (χ2n) is 7.60. The van der Waals surface area contributed by atoms with Gasteiger partial charge in [0, 0.05) is 44.7 Å². The van der Waals surface area contributed by atoms with E-state index in [4.69, 9.17) is 10.5 Å². The number of amides is 2. The van der Waals surface area contributed by atoms with Crippen LogP contribution in [0.3, 0.4) is 0 Å². The minimum absolute atomic E-state index is 0.0349. The van der Waals surface area contributed by atoms with E-state index in [1.165, 1.54) is 0 Å². The summed E-state index contributed by atoms with van der Waals surface area (Å²) in [4.78, 5) is 27.3. The Labute approximate surface area is 143 Å². The monoisotopic (exact) mass is 333 g/mol. The van der Waals surface area contributed by atoms with E-state index in [2.05, 4.69) is 0 Å². The first-order chi connectivity index (χ1) is 11.1. The standard InChI is InChI=1S/C18H27N3O3/c1-17(2,3)24-16(23)21-11-18(10-19,12-21)14-8-6-13(7-9-14)15(22)20(4)5/h6-9H,10-12,19H2,1-5H3. The van der Waals surface area contributed by atoms with E-state index >= 15 is 0 Å². The highest BCUT2D eigenvalue weighted by molar-refractivity contribution is 5.93. The Balaban J connectivity index is 2.08. The van der Waals surface area contributed by atoms with Gasteiger partial charge in [0.25, 0.3) is 5.91 Å². The number of likely N-dealkylation sites (tertiary alicyclic amines) is 1. The fourth-order valence-corrected chi connectivity index (χ4v) is 2.79. The molecule has 0 saturated carbocycles. The van der Waals surface area contributed by atoms with E-state index in [1.807, 2.05) is 45.0 Å². The zero-order valence-electron chi connectivity index (χ0n) is 15.1. The van der Waals surface area contributed by atoms with E-state index in [9.17, 15) is 9.59 Å². The van der Waals surface area contributed by atoms with Crippen molar-refractivity contribution in [3.05, 3.63) is 35.4 Å². The fourth-order valence-electron chi connectivity index (χ4n) is 2.79. The van der Waals surface area contributed by atoms with Crippen LogP contribution in [-0.2, 0) is 10.2 Å². The number of ether oxygens (including phenoxy) is 1. The molecule has 0 radical (unpaired) electrons. The van der Waals surface area contributed by atoms with Crippen LogP contribution in [0, 0.1) is 0 Å². The van der Waals surface area contributed by atoms with Crippen molar-refractivity contribution in [3.8, 4) is 0 Å². The third kappa shape index (κ3) is 3.70. The highest BCUT2D eigenvalue weighted by atomic mass is 16.6. The second kappa shape index (κ2) is 6.43. The number of hydrogen-bond acceptors (Lipinski definition) is 4. The Kier molecular flexibility index (Phi) is 4.90. The largest absolute Gasteiger partial charge is 0.444 e. The fraction of sp³-hybridized carbons (Fsp3) is 0.556. The van der Waals surface area contributed by atoms with E-state index in [0.717, 1.165) is 5.56 Å². The van der Waals surface area contributed by atoms with Crippen LogP contribution in [0.2, 0.25) is 0 Å². The Morgan fingerprint density at radius 3 is 2.17 bits per heavy atom. The highest BCUT2D eigenvalue weighted by Gasteiger charge is 2.46. The van der Waals surface area contributed by atoms with Crippen LogP contribution in [-0.4, -0.2) is 61.1 Å². The van der Waals surface area contributed by atoms with Crippen LogP contribution in [0.15, 0.2) is 24.3 Å². The van der Waals surface area contributed by atoms with Gasteiger partial charge in [-0.2, -0.15) is 0 Å². The van der Waals surface area contributed by atoms with E-state index < -0.39 is 5.60 Å². The molecule has 1 aromatic carbocycles. The summed E-state index contributed by atoms with van der Waals surface area (Å²) in [5.41, 5.74) is 6.89. The van der Waals surface area contributed by atoms with Crippen molar-refractivity contribution in [1.29, 1.82) is 0 Å². The quantitative estimate of drug-likeness (QED) is 0.916. The highest BCUT2D eigenvalue weighted by Crippen LogP contribution is 2.34. The van der Waals surface area contributed by atoms with E-state index in [1.54, 1.807) is 23.9 Å². The van der Waals surface area contributed by atoms with Crippen molar-refractivity contribution in [1.82, 2.24) is 9.80 Å². The lowest BCUT2D eigenvalue weighted by molar-refractivity contribution is -0.00824. The van der Waals surface area contributed by atoms with Gasteiger partial charge in [-0.15, -0.1) is 0 Å². The SMILES string of the molecule is CN(C)C(=O)c1ccc(C2(CN)CN(C(=O)OC(C)(C)C)C2)cc1. The van der Waals surface area contributed by atoms with Crippen molar-refractivity contribution in [2.75, 3.05) is 33.7 Å². The van der Waals surface area contributed by atoms with Crippen LogP contribution in [0.1, 0.15) is 36.7 Å². The molecule has 2 amide bonds. The average molecular weight is 333 g/mol. The van der Waals surface area contributed by atoms with Crippen molar-refractivity contribution >= 4 is 12.0 Å². The molecule has 0 atom stereocenters. The zero-order chi connectivity index (χ0) is 18.1. The molecule has 0 spiro atoms. The molecule has 0 unspecified atom stereocenters. The summed E-state index contributed by atoms with van der Waals surface area (Å²) in [7, 11) is 3.45. The average Bonchev–Trinajstić information content (AvgIpc) is 2.44. The number of nitrogens with two attached hydrogens (primary N) is 1. The molecule has 2 N–H and O–H groups in total. The normalized spacial score (nSPS) is 16.3. The molecule has 0 aromatic heterocycles. The number of hydrogen-bond donors (Lipinski definition) is 1. The van der Waals surface area contributed by atoms with Gasteiger partial charge in [0.05, 0.1) is 0 Å². The lowest BCUT2D eigenvalue weighted by atomic mass is 9.73. The molecule has 6 nitrogen and oxygen atoms in total. The van der Waals surface area contributed by atoms with Crippen LogP contribution in [0.4, 0.5) is 4.79 Å². The zero-order valence-corrected chi connectivity index (χ0v) is 15.1. The number of carbonyl (C=O) groups excluding carboxylic acids is 2. The third-order valence-electron chi connectivity index (χ3n) is 4.18. The Hall–Kier alpha value is -2.08. The first-order valence-electron chi connectivity index (χ1n) is 8.08. The lowest BCUT2D eigenvalue weighted by Gasteiger charge is -2.49. The van der Waals surface area contributed by atoms with Gasteiger partial charge >= 0.3 is 6.09 Å². The molecule has 132 valence electrons. The molecular formula is C18H27N3O3. The van der Waals surface area contributed by atoms with Gasteiger partial charge in [0.2, 0.25) is 0 Å². The molecule has 1 aromatic rings. The summed E-state index contributed by atoms with van der Waals surface area (Å²) in [5, 5.41) is 0. The van der Waals surface area contributed by atoms with Gasteiger partial charge in [-0.05, 0) is 38.5 Å². The molecule has 2 rings (SSSR count). The summed E-state index contributed by atoms with van der Waals surface area (Å²) in [5.74, 6) is -0.0349. The molecule has 0 aliphatic carbocycles.